The first-order valence-corrected chi connectivity index (χ1v) is 6.41. The second-order valence-corrected chi connectivity index (χ2v) is 5.00. The van der Waals surface area contributed by atoms with Crippen LogP contribution in [0.15, 0.2) is 22.8 Å². The van der Waals surface area contributed by atoms with E-state index in [2.05, 4.69) is 31.0 Å². The van der Waals surface area contributed by atoms with Gasteiger partial charge in [0.1, 0.15) is 0 Å². The monoisotopic (exact) mass is 296 g/mol. The zero-order chi connectivity index (χ0) is 11.7. The molecule has 3 heterocycles. The van der Waals surface area contributed by atoms with Crippen LogP contribution >= 0.6 is 15.9 Å². The SMILES string of the molecule is Brc1ccc2nnc(CN3CCOCC3)n2c1. The number of rotatable bonds is 2. The third kappa shape index (κ3) is 2.34. The van der Waals surface area contributed by atoms with Crippen molar-refractivity contribution >= 4 is 21.6 Å². The summed E-state index contributed by atoms with van der Waals surface area (Å²) in [4.78, 5) is 2.33. The predicted molar refractivity (Wildman–Crippen MR) is 66.8 cm³/mol. The molecule has 6 heteroatoms. The van der Waals surface area contributed by atoms with Crippen LogP contribution in [0.25, 0.3) is 5.65 Å². The number of halogens is 1. The van der Waals surface area contributed by atoms with Crippen molar-refractivity contribution in [2.45, 2.75) is 6.54 Å². The smallest absolute Gasteiger partial charge is 0.160 e. The number of hydrogen-bond acceptors (Lipinski definition) is 4. The molecule has 17 heavy (non-hydrogen) atoms. The van der Waals surface area contributed by atoms with Crippen LogP contribution in [0.1, 0.15) is 5.82 Å². The molecule has 2 aromatic heterocycles. The van der Waals surface area contributed by atoms with Gasteiger partial charge in [0.15, 0.2) is 11.5 Å². The standard InChI is InChI=1S/C11H13BrN4O/c12-9-1-2-10-13-14-11(16(10)7-9)8-15-3-5-17-6-4-15/h1-2,7H,3-6,8H2. The van der Waals surface area contributed by atoms with E-state index in [4.69, 9.17) is 4.74 Å². The summed E-state index contributed by atoms with van der Waals surface area (Å²) in [6, 6.07) is 3.93. The number of aromatic nitrogens is 3. The van der Waals surface area contributed by atoms with Crippen LogP contribution in [0.5, 0.6) is 0 Å². The highest BCUT2D eigenvalue weighted by Gasteiger charge is 2.14. The van der Waals surface area contributed by atoms with Crippen molar-refractivity contribution in [3.8, 4) is 0 Å². The Morgan fingerprint density at radius 3 is 2.88 bits per heavy atom. The third-order valence-electron chi connectivity index (χ3n) is 2.91. The Kier molecular flexibility index (Phi) is 3.09. The molecule has 0 N–H and O–H groups in total. The molecule has 1 saturated heterocycles. The van der Waals surface area contributed by atoms with Gasteiger partial charge >= 0.3 is 0 Å². The molecule has 2 aromatic rings. The van der Waals surface area contributed by atoms with Gasteiger partial charge in [-0.05, 0) is 28.1 Å². The highest BCUT2D eigenvalue weighted by Crippen LogP contribution is 2.13. The maximum atomic E-state index is 5.33. The molecule has 0 aromatic carbocycles. The van der Waals surface area contributed by atoms with E-state index in [0.29, 0.717) is 0 Å². The van der Waals surface area contributed by atoms with Crippen LogP contribution in [0.3, 0.4) is 0 Å². The minimum absolute atomic E-state index is 0.806. The van der Waals surface area contributed by atoms with Crippen molar-refractivity contribution in [1.29, 1.82) is 0 Å². The third-order valence-corrected chi connectivity index (χ3v) is 3.37. The Hall–Kier alpha value is -0.980. The maximum Gasteiger partial charge on any atom is 0.160 e. The lowest BCUT2D eigenvalue weighted by Crippen LogP contribution is -2.36. The summed E-state index contributed by atoms with van der Waals surface area (Å²) in [5, 5.41) is 8.40. The molecule has 1 aliphatic rings. The summed E-state index contributed by atoms with van der Waals surface area (Å²) < 4.78 is 8.40. The number of fused-ring (bicyclic) bond motifs is 1. The average Bonchev–Trinajstić information content (AvgIpc) is 2.73. The molecule has 0 spiro atoms. The first kappa shape index (κ1) is 11.1. The quantitative estimate of drug-likeness (QED) is 0.838. The van der Waals surface area contributed by atoms with Crippen molar-refractivity contribution < 1.29 is 4.74 Å². The second-order valence-electron chi connectivity index (χ2n) is 4.08. The van der Waals surface area contributed by atoms with Crippen molar-refractivity contribution in [3.05, 3.63) is 28.6 Å². The Labute approximate surface area is 108 Å². The van der Waals surface area contributed by atoms with Gasteiger partial charge in [0, 0.05) is 23.8 Å². The Bertz CT molecular complexity index is 521. The number of morpholine rings is 1. The van der Waals surface area contributed by atoms with E-state index in [-0.39, 0.29) is 0 Å². The van der Waals surface area contributed by atoms with Crippen molar-refractivity contribution in [3.63, 3.8) is 0 Å². The highest BCUT2D eigenvalue weighted by molar-refractivity contribution is 9.10. The van der Waals surface area contributed by atoms with E-state index in [9.17, 15) is 0 Å². The lowest BCUT2D eigenvalue weighted by atomic mass is 10.4. The number of hydrogen-bond donors (Lipinski definition) is 0. The summed E-state index contributed by atoms with van der Waals surface area (Å²) in [6.07, 6.45) is 2.01. The fraction of sp³-hybridized carbons (Fsp3) is 0.455. The fourth-order valence-electron chi connectivity index (χ4n) is 1.98. The average molecular weight is 297 g/mol. The highest BCUT2D eigenvalue weighted by atomic mass is 79.9. The van der Waals surface area contributed by atoms with Gasteiger partial charge in [-0.15, -0.1) is 10.2 Å². The summed E-state index contributed by atoms with van der Waals surface area (Å²) in [5.41, 5.74) is 0.886. The van der Waals surface area contributed by atoms with Crippen molar-refractivity contribution in [2.24, 2.45) is 0 Å². The van der Waals surface area contributed by atoms with Gasteiger partial charge in [0.05, 0.1) is 19.8 Å². The molecular weight excluding hydrogens is 284 g/mol. The van der Waals surface area contributed by atoms with Gasteiger partial charge in [0.25, 0.3) is 0 Å². The molecule has 0 bridgehead atoms. The largest absolute Gasteiger partial charge is 0.379 e. The van der Waals surface area contributed by atoms with E-state index < -0.39 is 0 Å². The Morgan fingerprint density at radius 2 is 2.06 bits per heavy atom. The van der Waals surface area contributed by atoms with Crippen LogP contribution < -0.4 is 0 Å². The number of nitrogens with zero attached hydrogens (tertiary/aromatic N) is 4. The van der Waals surface area contributed by atoms with Gasteiger partial charge in [0.2, 0.25) is 0 Å². The van der Waals surface area contributed by atoms with Gasteiger partial charge in [-0.2, -0.15) is 0 Å². The first-order chi connectivity index (χ1) is 8.33. The summed E-state index contributed by atoms with van der Waals surface area (Å²) in [5.74, 6) is 0.975. The van der Waals surface area contributed by atoms with Gasteiger partial charge in [-0.1, -0.05) is 0 Å². The molecule has 0 amide bonds. The molecule has 0 unspecified atom stereocenters. The summed E-state index contributed by atoms with van der Waals surface area (Å²) in [7, 11) is 0. The fourth-order valence-corrected chi connectivity index (χ4v) is 2.32. The van der Waals surface area contributed by atoms with E-state index in [1.807, 2.05) is 22.7 Å². The Morgan fingerprint density at radius 1 is 1.24 bits per heavy atom. The van der Waals surface area contributed by atoms with Gasteiger partial charge in [-0.25, -0.2) is 0 Å². The van der Waals surface area contributed by atoms with E-state index >= 15 is 0 Å². The molecule has 0 atom stereocenters. The minimum Gasteiger partial charge on any atom is -0.379 e. The molecule has 1 fully saturated rings. The van der Waals surface area contributed by atoms with Crippen molar-refractivity contribution in [1.82, 2.24) is 19.5 Å². The van der Waals surface area contributed by atoms with Gasteiger partial charge in [-0.3, -0.25) is 9.30 Å². The van der Waals surface area contributed by atoms with E-state index in [1.165, 1.54) is 0 Å². The maximum absolute atomic E-state index is 5.33. The lowest BCUT2D eigenvalue weighted by molar-refractivity contribution is 0.0329. The molecule has 0 radical (unpaired) electrons. The van der Waals surface area contributed by atoms with Gasteiger partial charge < -0.3 is 4.74 Å². The number of ether oxygens (including phenoxy) is 1. The molecule has 0 saturated carbocycles. The predicted octanol–water partition coefficient (Wildman–Crippen LogP) is 1.32. The van der Waals surface area contributed by atoms with Crippen LogP contribution in [-0.4, -0.2) is 45.8 Å². The molecule has 3 rings (SSSR count). The zero-order valence-corrected chi connectivity index (χ0v) is 10.9. The molecular formula is C11H13BrN4O. The molecule has 1 aliphatic heterocycles. The first-order valence-electron chi connectivity index (χ1n) is 5.62. The summed E-state index contributed by atoms with van der Waals surface area (Å²) >= 11 is 3.47. The van der Waals surface area contributed by atoms with Crippen molar-refractivity contribution in [2.75, 3.05) is 26.3 Å². The van der Waals surface area contributed by atoms with Crippen LogP contribution in [0, 0.1) is 0 Å². The Balaban J connectivity index is 1.86. The second kappa shape index (κ2) is 4.72. The molecule has 5 nitrogen and oxygen atoms in total. The van der Waals surface area contributed by atoms with Crippen LogP contribution in [0.4, 0.5) is 0 Å². The normalized spacial score (nSPS) is 17.7. The lowest BCUT2D eigenvalue weighted by Gasteiger charge is -2.25. The molecule has 90 valence electrons. The molecule has 0 aliphatic carbocycles. The van der Waals surface area contributed by atoms with Crippen LogP contribution in [0.2, 0.25) is 0 Å². The van der Waals surface area contributed by atoms with Crippen LogP contribution in [-0.2, 0) is 11.3 Å². The minimum atomic E-state index is 0.806. The topological polar surface area (TPSA) is 42.7 Å². The van der Waals surface area contributed by atoms with E-state index in [0.717, 1.165) is 48.8 Å². The zero-order valence-electron chi connectivity index (χ0n) is 9.34. The van der Waals surface area contributed by atoms with E-state index in [1.54, 1.807) is 0 Å². The summed E-state index contributed by atoms with van der Waals surface area (Å²) in [6.45, 7) is 4.35. The number of pyridine rings is 1.